The molecule has 1 aliphatic rings. The first-order chi connectivity index (χ1) is 10.4. The topological polar surface area (TPSA) is 57.8 Å². The Labute approximate surface area is 122 Å². The molecule has 0 bridgehead atoms. The summed E-state index contributed by atoms with van der Waals surface area (Å²) in [5, 5.41) is 12.8. The first-order valence-electron chi connectivity index (χ1n) is 6.98. The Hall–Kier alpha value is -2.47. The highest BCUT2D eigenvalue weighted by molar-refractivity contribution is 5.43. The van der Waals surface area contributed by atoms with Gasteiger partial charge in [-0.25, -0.2) is 0 Å². The second kappa shape index (κ2) is 5.14. The van der Waals surface area contributed by atoms with Crippen molar-refractivity contribution in [2.45, 2.75) is 26.2 Å². The van der Waals surface area contributed by atoms with Gasteiger partial charge < -0.3 is 4.74 Å². The molecule has 0 unspecified atom stereocenters. The second-order valence-electron chi connectivity index (χ2n) is 5.01. The zero-order valence-electron chi connectivity index (χ0n) is 11.5. The van der Waals surface area contributed by atoms with Gasteiger partial charge in [-0.15, -0.1) is 10.2 Å². The molecule has 0 radical (unpaired) electrons. The predicted molar refractivity (Wildman–Crippen MR) is 75.8 cm³/mol. The summed E-state index contributed by atoms with van der Waals surface area (Å²) in [5.74, 6) is 1.80. The van der Waals surface area contributed by atoms with Crippen LogP contribution >= 0.6 is 0 Å². The minimum atomic E-state index is 0.490. The van der Waals surface area contributed by atoms with Crippen molar-refractivity contribution in [3.05, 3.63) is 59.9 Å². The van der Waals surface area contributed by atoms with Crippen LogP contribution in [0, 0.1) is 0 Å². The lowest BCUT2D eigenvalue weighted by Crippen LogP contribution is -2.09. The average Bonchev–Trinajstić information content (AvgIpc) is 3.12. The molecule has 0 aliphatic carbocycles. The highest BCUT2D eigenvalue weighted by Crippen LogP contribution is 2.23. The van der Waals surface area contributed by atoms with Gasteiger partial charge in [-0.2, -0.15) is 5.10 Å². The standard InChI is InChI=1S/C15H15N5O/c1-2-5-13-12(4-1)10-21-11-15-18-17-14(20(13)15)6-9-19-8-3-7-16-19/h1-5,7-8H,6,9-11H2. The fraction of sp³-hybridized carbons (Fsp3) is 0.267. The molecule has 0 fully saturated rings. The highest BCUT2D eigenvalue weighted by atomic mass is 16.5. The third-order valence-electron chi connectivity index (χ3n) is 3.64. The first kappa shape index (κ1) is 12.3. The van der Waals surface area contributed by atoms with Gasteiger partial charge in [-0.3, -0.25) is 9.25 Å². The van der Waals surface area contributed by atoms with Crippen molar-refractivity contribution in [2.75, 3.05) is 0 Å². The van der Waals surface area contributed by atoms with Crippen LogP contribution < -0.4 is 0 Å². The predicted octanol–water partition coefficient (Wildman–Crippen LogP) is 1.74. The van der Waals surface area contributed by atoms with Crippen molar-refractivity contribution in [3.8, 4) is 5.69 Å². The second-order valence-corrected chi connectivity index (χ2v) is 5.01. The van der Waals surface area contributed by atoms with Crippen LogP contribution in [0.25, 0.3) is 5.69 Å². The molecule has 1 aliphatic heterocycles. The smallest absolute Gasteiger partial charge is 0.163 e. The van der Waals surface area contributed by atoms with Crippen LogP contribution in [-0.4, -0.2) is 24.5 Å². The number of hydrogen-bond donors (Lipinski definition) is 0. The SMILES string of the molecule is c1ccc2c(c1)COCc1nnc(CCn3cccn3)n1-2. The number of para-hydroxylation sites is 1. The Morgan fingerprint density at radius 2 is 2.05 bits per heavy atom. The molecular weight excluding hydrogens is 266 g/mol. The molecule has 4 rings (SSSR count). The lowest BCUT2D eigenvalue weighted by atomic mass is 10.2. The molecule has 0 saturated heterocycles. The van der Waals surface area contributed by atoms with Gasteiger partial charge in [-0.05, 0) is 12.1 Å². The molecule has 3 heterocycles. The van der Waals surface area contributed by atoms with Gasteiger partial charge in [0, 0.05) is 30.9 Å². The van der Waals surface area contributed by atoms with E-state index in [2.05, 4.69) is 32.0 Å². The van der Waals surface area contributed by atoms with Crippen molar-refractivity contribution in [3.63, 3.8) is 0 Å². The molecule has 0 spiro atoms. The number of hydrogen-bond acceptors (Lipinski definition) is 4. The van der Waals surface area contributed by atoms with Crippen molar-refractivity contribution >= 4 is 0 Å². The summed E-state index contributed by atoms with van der Waals surface area (Å²) in [6.07, 6.45) is 4.52. The van der Waals surface area contributed by atoms with Crippen LogP contribution in [0.3, 0.4) is 0 Å². The summed E-state index contributed by atoms with van der Waals surface area (Å²) in [5.41, 5.74) is 2.28. The van der Waals surface area contributed by atoms with Gasteiger partial charge in [0.15, 0.2) is 5.82 Å². The highest BCUT2D eigenvalue weighted by Gasteiger charge is 2.19. The third-order valence-corrected chi connectivity index (χ3v) is 3.64. The first-order valence-corrected chi connectivity index (χ1v) is 6.98. The lowest BCUT2D eigenvalue weighted by Gasteiger charge is -2.10. The monoisotopic (exact) mass is 281 g/mol. The maximum Gasteiger partial charge on any atom is 0.163 e. The molecule has 0 saturated carbocycles. The summed E-state index contributed by atoms with van der Waals surface area (Å²) >= 11 is 0. The Morgan fingerprint density at radius 3 is 2.95 bits per heavy atom. The van der Waals surface area contributed by atoms with Gasteiger partial charge in [0.05, 0.1) is 12.3 Å². The number of nitrogens with zero attached hydrogens (tertiary/aromatic N) is 5. The summed E-state index contributed by atoms with van der Waals surface area (Å²) in [7, 11) is 0. The van der Waals surface area contributed by atoms with Crippen molar-refractivity contribution in [1.82, 2.24) is 24.5 Å². The Morgan fingerprint density at radius 1 is 1.10 bits per heavy atom. The van der Waals surface area contributed by atoms with Gasteiger partial charge in [0.25, 0.3) is 0 Å². The minimum Gasteiger partial charge on any atom is -0.369 e. The number of aryl methyl sites for hydroxylation is 2. The van der Waals surface area contributed by atoms with Gasteiger partial charge in [0.1, 0.15) is 12.4 Å². The van der Waals surface area contributed by atoms with Crippen molar-refractivity contribution in [1.29, 1.82) is 0 Å². The van der Waals surface area contributed by atoms with Crippen molar-refractivity contribution in [2.24, 2.45) is 0 Å². The Bertz CT molecular complexity index is 747. The largest absolute Gasteiger partial charge is 0.369 e. The Kier molecular flexibility index (Phi) is 3.01. The van der Waals surface area contributed by atoms with E-state index in [1.807, 2.05) is 29.1 Å². The lowest BCUT2D eigenvalue weighted by molar-refractivity contribution is 0.105. The summed E-state index contributed by atoms with van der Waals surface area (Å²) in [6.45, 7) is 1.88. The van der Waals surface area contributed by atoms with Gasteiger partial charge in [0.2, 0.25) is 0 Å². The molecule has 0 amide bonds. The molecule has 2 aromatic heterocycles. The molecule has 3 aromatic rings. The summed E-state index contributed by atoms with van der Waals surface area (Å²) < 4.78 is 9.69. The van der Waals surface area contributed by atoms with E-state index >= 15 is 0 Å². The maximum atomic E-state index is 5.67. The molecule has 1 aromatic carbocycles. The molecule has 6 nitrogen and oxygen atoms in total. The number of ether oxygens (including phenoxy) is 1. The molecule has 0 atom stereocenters. The fourth-order valence-corrected chi connectivity index (χ4v) is 2.64. The van der Waals surface area contributed by atoms with Gasteiger partial charge in [-0.1, -0.05) is 18.2 Å². The average molecular weight is 281 g/mol. The molecular formula is C15H15N5O. The molecule has 106 valence electrons. The number of aromatic nitrogens is 5. The molecule has 21 heavy (non-hydrogen) atoms. The molecule has 6 heteroatoms. The van der Waals surface area contributed by atoms with Crippen LogP contribution in [0.2, 0.25) is 0 Å². The van der Waals surface area contributed by atoms with E-state index in [4.69, 9.17) is 4.74 Å². The number of rotatable bonds is 3. The van der Waals surface area contributed by atoms with Crippen LogP contribution in [0.5, 0.6) is 0 Å². The van der Waals surface area contributed by atoms with E-state index in [1.165, 1.54) is 0 Å². The zero-order valence-corrected chi connectivity index (χ0v) is 11.5. The third kappa shape index (κ3) is 2.23. The zero-order chi connectivity index (χ0) is 14.1. The van der Waals surface area contributed by atoms with Crippen LogP contribution in [0.1, 0.15) is 17.2 Å². The molecule has 0 N–H and O–H groups in total. The fourth-order valence-electron chi connectivity index (χ4n) is 2.64. The van der Waals surface area contributed by atoms with E-state index in [1.54, 1.807) is 6.20 Å². The van der Waals surface area contributed by atoms with Crippen molar-refractivity contribution < 1.29 is 4.74 Å². The Balaban J connectivity index is 1.71. The minimum absolute atomic E-state index is 0.490. The quantitative estimate of drug-likeness (QED) is 0.733. The van der Waals surface area contributed by atoms with Gasteiger partial charge >= 0.3 is 0 Å². The van der Waals surface area contributed by atoms with E-state index < -0.39 is 0 Å². The number of fused-ring (bicyclic) bond motifs is 3. The summed E-state index contributed by atoms with van der Waals surface area (Å²) in [6, 6.07) is 10.2. The van der Waals surface area contributed by atoms with Crippen LogP contribution in [0.15, 0.2) is 42.7 Å². The van der Waals surface area contributed by atoms with E-state index in [0.717, 1.165) is 35.9 Å². The number of benzene rings is 1. The van der Waals surface area contributed by atoms with E-state index in [9.17, 15) is 0 Å². The van der Waals surface area contributed by atoms with E-state index in [-0.39, 0.29) is 0 Å². The summed E-state index contributed by atoms with van der Waals surface area (Å²) in [4.78, 5) is 0. The van der Waals surface area contributed by atoms with Crippen LogP contribution in [-0.2, 0) is 30.9 Å². The van der Waals surface area contributed by atoms with Crippen LogP contribution in [0.4, 0.5) is 0 Å². The van der Waals surface area contributed by atoms with E-state index in [0.29, 0.717) is 13.2 Å². The maximum absolute atomic E-state index is 5.67. The normalized spacial score (nSPS) is 13.5.